The zero-order valence-corrected chi connectivity index (χ0v) is 11.7. The second kappa shape index (κ2) is 4.49. The number of nitrogens with zero attached hydrogens (tertiary/aromatic N) is 3. The van der Waals surface area contributed by atoms with Gasteiger partial charge in [0.1, 0.15) is 0 Å². The third-order valence-electron chi connectivity index (χ3n) is 2.68. The van der Waals surface area contributed by atoms with Crippen LogP contribution in [-0.2, 0) is 7.05 Å². The molecule has 0 aliphatic carbocycles. The fraction of sp³-hybridized carbons (Fsp3) is 0.500. The zero-order valence-electron chi connectivity index (χ0n) is 10.9. The van der Waals surface area contributed by atoms with E-state index in [1.54, 1.807) is 11.3 Å². The maximum absolute atomic E-state index is 4.61. The lowest BCUT2D eigenvalue weighted by Gasteiger charge is -2.04. The molecule has 0 saturated heterocycles. The van der Waals surface area contributed by atoms with Gasteiger partial charge in [-0.2, -0.15) is 5.10 Å². The van der Waals surface area contributed by atoms with Crippen LogP contribution in [0.25, 0.3) is 11.3 Å². The van der Waals surface area contributed by atoms with E-state index in [2.05, 4.69) is 41.6 Å². The Kier molecular flexibility index (Phi) is 3.19. The Bertz CT molecular complexity index is 525. The van der Waals surface area contributed by atoms with E-state index < -0.39 is 0 Å². The Morgan fingerprint density at radius 2 is 2.06 bits per heavy atom. The number of rotatable bonds is 3. The van der Waals surface area contributed by atoms with Gasteiger partial charge >= 0.3 is 0 Å². The highest BCUT2D eigenvalue weighted by atomic mass is 32.1. The molecule has 92 valence electrons. The SMILES string of the molecule is Cc1nn(C)c(C)c1-c1csc(NC(C)C)n1. The van der Waals surface area contributed by atoms with Crippen LogP contribution in [0.5, 0.6) is 0 Å². The first-order valence-electron chi connectivity index (χ1n) is 5.71. The van der Waals surface area contributed by atoms with E-state index >= 15 is 0 Å². The summed E-state index contributed by atoms with van der Waals surface area (Å²) in [5.41, 5.74) is 4.36. The standard InChI is InChI=1S/C12H18N4S/c1-7(2)13-12-14-10(6-17-12)11-8(3)15-16(5)9(11)4/h6-7H,1-5H3,(H,13,14). The Morgan fingerprint density at radius 1 is 1.35 bits per heavy atom. The van der Waals surface area contributed by atoms with Gasteiger partial charge in [-0.15, -0.1) is 11.3 Å². The van der Waals surface area contributed by atoms with Crippen LogP contribution in [0.3, 0.4) is 0 Å². The predicted molar refractivity (Wildman–Crippen MR) is 72.5 cm³/mol. The minimum absolute atomic E-state index is 0.407. The molecule has 0 spiro atoms. The van der Waals surface area contributed by atoms with Crippen molar-refractivity contribution in [2.75, 3.05) is 5.32 Å². The maximum atomic E-state index is 4.61. The van der Waals surface area contributed by atoms with Gasteiger partial charge < -0.3 is 5.32 Å². The van der Waals surface area contributed by atoms with E-state index in [9.17, 15) is 0 Å². The lowest BCUT2D eigenvalue weighted by molar-refractivity contribution is 0.731. The molecule has 0 aliphatic rings. The van der Waals surface area contributed by atoms with Crippen molar-refractivity contribution in [1.29, 1.82) is 0 Å². The van der Waals surface area contributed by atoms with E-state index in [0.29, 0.717) is 6.04 Å². The number of hydrogen-bond acceptors (Lipinski definition) is 4. The lowest BCUT2D eigenvalue weighted by atomic mass is 10.1. The molecule has 0 fully saturated rings. The molecule has 0 bridgehead atoms. The van der Waals surface area contributed by atoms with Crippen molar-refractivity contribution in [3.63, 3.8) is 0 Å². The van der Waals surface area contributed by atoms with Crippen LogP contribution in [0, 0.1) is 13.8 Å². The average Bonchev–Trinajstić information content (AvgIpc) is 2.73. The lowest BCUT2D eigenvalue weighted by Crippen LogP contribution is -2.09. The zero-order chi connectivity index (χ0) is 12.6. The summed E-state index contributed by atoms with van der Waals surface area (Å²) in [7, 11) is 1.96. The van der Waals surface area contributed by atoms with Crippen LogP contribution in [0.2, 0.25) is 0 Å². The molecule has 5 heteroatoms. The van der Waals surface area contributed by atoms with Crippen molar-refractivity contribution in [3.8, 4) is 11.3 Å². The van der Waals surface area contributed by atoms with Gasteiger partial charge in [0.2, 0.25) is 0 Å². The number of anilines is 1. The normalized spacial score (nSPS) is 11.2. The molecule has 0 radical (unpaired) electrons. The van der Waals surface area contributed by atoms with Gasteiger partial charge in [0.05, 0.1) is 11.4 Å². The van der Waals surface area contributed by atoms with Crippen LogP contribution in [-0.4, -0.2) is 20.8 Å². The summed E-state index contributed by atoms with van der Waals surface area (Å²) in [5.74, 6) is 0. The van der Waals surface area contributed by atoms with Crippen molar-refractivity contribution in [2.24, 2.45) is 7.05 Å². The van der Waals surface area contributed by atoms with Gasteiger partial charge in [0, 0.05) is 29.7 Å². The van der Waals surface area contributed by atoms with Gasteiger partial charge in [-0.1, -0.05) is 0 Å². The van der Waals surface area contributed by atoms with E-state index in [1.165, 1.54) is 0 Å². The van der Waals surface area contributed by atoms with Gasteiger partial charge in [0.15, 0.2) is 5.13 Å². The van der Waals surface area contributed by atoms with Crippen LogP contribution >= 0.6 is 11.3 Å². The summed E-state index contributed by atoms with van der Waals surface area (Å²) >= 11 is 1.64. The van der Waals surface area contributed by atoms with Gasteiger partial charge in [-0.3, -0.25) is 4.68 Å². The van der Waals surface area contributed by atoms with Crippen molar-refractivity contribution >= 4 is 16.5 Å². The Hall–Kier alpha value is -1.36. The molecule has 4 nitrogen and oxygen atoms in total. The molecule has 0 atom stereocenters. The average molecular weight is 250 g/mol. The topological polar surface area (TPSA) is 42.7 Å². The molecule has 0 saturated carbocycles. The minimum Gasteiger partial charge on any atom is -0.359 e. The van der Waals surface area contributed by atoms with Crippen LogP contribution < -0.4 is 5.32 Å². The second-order valence-electron chi connectivity index (χ2n) is 4.51. The fourth-order valence-electron chi connectivity index (χ4n) is 1.85. The van der Waals surface area contributed by atoms with Crippen LogP contribution in [0.15, 0.2) is 5.38 Å². The molecule has 2 heterocycles. The van der Waals surface area contributed by atoms with Gasteiger partial charge in [-0.25, -0.2) is 4.98 Å². The summed E-state index contributed by atoms with van der Waals surface area (Å²) in [5, 5.41) is 10.8. The van der Waals surface area contributed by atoms with E-state index in [1.807, 2.05) is 18.7 Å². The maximum Gasteiger partial charge on any atom is 0.183 e. The summed E-state index contributed by atoms with van der Waals surface area (Å²) < 4.78 is 1.90. The monoisotopic (exact) mass is 250 g/mol. The molecular formula is C12H18N4S. The Labute approximate surface area is 106 Å². The molecule has 1 N–H and O–H groups in total. The highest BCUT2D eigenvalue weighted by molar-refractivity contribution is 7.14. The molecule has 2 rings (SSSR count). The summed E-state index contributed by atoms with van der Waals surface area (Å²) in [4.78, 5) is 4.61. The molecule has 0 aromatic carbocycles. The Morgan fingerprint density at radius 3 is 2.59 bits per heavy atom. The van der Waals surface area contributed by atoms with Crippen molar-refractivity contribution < 1.29 is 0 Å². The third kappa shape index (κ3) is 2.34. The smallest absolute Gasteiger partial charge is 0.183 e. The Balaban J connectivity index is 2.37. The first-order chi connectivity index (χ1) is 7.99. The second-order valence-corrected chi connectivity index (χ2v) is 5.36. The van der Waals surface area contributed by atoms with Gasteiger partial charge in [0.25, 0.3) is 0 Å². The number of aryl methyl sites for hydroxylation is 2. The highest BCUT2D eigenvalue weighted by Gasteiger charge is 2.14. The van der Waals surface area contributed by atoms with Crippen molar-refractivity contribution in [1.82, 2.24) is 14.8 Å². The largest absolute Gasteiger partial charge is 0.359 e. The summed E-state index contributed by atoms with van der Waals surface area (Å²) in [6.45, 7) is 8.32. The third-order valence-corrected chi connectivity index (χ3v) is 3.46. The van der Waals surface area contributed by atoms with Crippen LogP contribution in [0.1, 0.15) is 25.2 Å². The number of thiazole rings is 1. The van der Waals surface area contributed by atoms with Crippen molar-refractivity contribution in [3.05, 3.63) is 16.8 Å². The predicted octanol–water partition coefficient (Wildman–Crippen LogP) is 2.98. The summed E-state index contributed by atoms with van der Waals surface area (Å²) in [6, 6.07) is 0.407. The van der Waals surface area contributed by atoms with E-state index in [0.717, 1.165) is 27.8 Å². The first-order valence-corrected chi connectivity index (χ1v) is 6.59. The number of hydrogen-bond donors (Lipinski definition) is 1. The van der Waals surface area contributed by atoms with Crippen molar-refractivity contribution in [2.45, 2.75) is 33.7 Å². The quantitative estimate of drug-likeness (QED) is 0.910. The van der Waals surface area contributed by atoms with E-state index in [-0.39, 0.29) is 0 Å². The molecular weight excluding hydrogens is 232 g/mol. The molecule has 0 amide bonds. The molecule has 17 heavy (non-hydrogen) atoms. The first kappa shape index (κ1) is 12.1. The number of aromatic nitrogens is 3. The molecule has 0 aliphatic heterocycles. The van der Waals surface area contributed by atoms with Crippen LogP contribution in [0.4, 0.5) is 5.13 Å². The van der Waals surface area contributed by atoms with E-state index in [4.69, 9.17) is 0 Å². The molecule has 2 aromatic rings. The molecule has 0 unspecified atom stereocenters. The number of nitrogens with one attached hydrogen (secondary N) is 1. The summed E-state index contributed by atoms with van der Waals surface area (Å²) in [6.07, 6.45) is 0. The minimum atomic E-state index is 0.407. The van der Waals surface area contributed by atoms with Gasteiger partial charge in [-0.05, 0) is 27.7 Å². The fourth-order valence-corrected chi connectivity index (χ4v) is 2.69. The highest BCUT2D eigenvalue weighted by Crippen LogP contribution is 2.29. The molecule has 2 aromatic heterocycles.